The minimum absolute atomic E-state index is 0.0544. The van der Waals surface area contributed by atoms with E-state index in [9.17, 15) is 24.1 Å². The molecule has 0 radical (unpaired) electrons. The molecule has 204 valence electrons. The fourth-order valence-corrected chi connectivity index (χ4v) is 5.17. The lowest BCUT2D eigenvalue weighted by atomic mass is 10.1. The van der Waals surface area contributed by atoms with Gasteiger partial charge in [0.2, 0.25) is 0 Å². The zero-order valence-electron chi connectivity index (χ0n) is 21.8. The molecule has 1 aliphatic heterocycles. The van der Waals surface area contributed by atoms with Gasteiger partial charge >= 0.3 is 0 Å². The molecule has 0 unspecified atom stereocenters. The van der Waals surface area contributed by atoms with E-state index in [4.69, 9.17) is 0 Å². The van der Waals surface area contributed by atoms with Crippen LogP contribution >= 0.6 is 0 Å². The second kappa shape index (κ2) is 10.6. The van der Waals surface area contributed by atoms with E-state index in [0.29, 0.717) is 48.3 Å². The van der Waals surface area contributed by atoms with Crippen LogP contribution in [-0.2, 0) is 0 Å². The second-order valence-electron chi connectivity index (χ2n) is 9.70. The monoisotopic (exact) mass is 549 g/mol. The van der Waals surface area contributed by atoms with Crippen molar-refractivity contribution in [3.05, 3.63) is 129 Å². The normalized spacial score (nSPS) is 13.4. The molecule has 4 aromatic carbocycles. The van der Waals surface area contributed by atoms with Crippen molar-refractivity contribution in [2.45, 2.75) is 0 Å². The fourth-order valence-electron chi connectivity index (χ4n) is 5.17. The molecule has 1 aliphatic rings. The molecule has 0 saturated carbocycles. The molecule has 10 heteroatoms. The standard InChI is InChI=1S/C31H24FN5O4/c32-23-10-6-9-22(19-23)30(38)35-17-15-34(16-18-35)24-13-14-27(37(40)41)28(20-24)36-31(39)26-12-5-4-11-25(26)29(33-36)21-7-2-1-3-8-21/h1-14,19-20H,15-18H2. The molecular formula is C31H24FN5O4. The molecule has 1 aromatic heterocycles. The third-order valence-electron chi connectivity index (χ3n) is 7.24. The van der Waals surface area contributed by atoms with Gasteiger partial charge in [0.25, 0.3) is 17.2 Å². The molecule has 0 aliphatic carbocycles. The lowest BCUT2D eigenvalue weighted by molar-refractivity contribution is -0.384. The molecule has 0 bridgehead atoms. The molecule has 2 heterocycles. The first kappa shape index (κ1) is 25.9. The average molecular weight is 550 g/mol. The van der Waals surface area contributed by atoms with Crippen LogP contribution in [-0.4, -0.2) is 51.7 Å². The zero-order chi connectivity index (χ0) is 28.5. The van der Waals surface area contributed by atoms with E-state index >= 15 is 0 Å². The summed E-state index contributed by atoms with van der Waals surface area (Å²) in [6, 6.07) is 26.6. The number of halogens is 1. The molecule has 1 amide bonds. The van der Waals surface area contributed by atoms with E-state index in [1.165, 1.54) is 24.3 Å². The lowest BCUT2D eigenvalue weighted by Gasteiger charge is -2.36. The van der Waals surface area contributed by atoms with Gasteiger partial charge in [-0.3, -0.25) is 19.7 Å². The Hall–Kier alpha value is -5.38. The van der Waals surface area contributed by atoms with Crippen LogP contribution < -0.4 is 10.5 Å². The number of rotatable bonds is 5. The number of amides is 1. The molecule has 6 rings (SSSR count). The summed E-state index contributed by atoms with van der Waals surface area (Å²) < 4.78 is 14.7. The van der Waals surface area contributed by atoms with Gasteiger partial charge in [-0.25, -0.2) is 4.39 Å². The summed E-state index contributed by atoms with van der Waals surface area (Å²) in [5, 5.41) is 17.8. The van der Waals surface area contributed by atoms with Gasteiger partial charge in [0.05, 0.1) is 16.0 Å². The summed E-state index contributed by atoms with van der Waals surface area (Å²) in [6.07, 6.45) is 0. The Kier molecular flexibility index (Phi) is 6.72. The van der Waals surface area contributed by atoms with Crippen molar-refractivity contribution in [3.63, 3.8) is 0 Å². The van der Waals surface area contributed by atoms with Crippen LogP contribution in [0.5, 0.6) is 0 Å². The number of fused-ring (bicyclic) bond motifs is 1. The summed E-state index contributed by atoms with van der Waals surface area (Å²) in [6.45, 7) is 1.67. The fraction of sp³-hybridized carbons (Fsp3) is 0.129. The summed E-state index contributed by atoms with van der Waals surface area (Å²) in [5.74, 6) is -0.727. The van der Waals surface area contributed by atoms with Crippen molar-refractivity contribution in [2.24, 2.45) is 0 Å². The first-order valence-electron chi connectivity index (χ1n) is 13.1. The summed E-state index contributed by atoms with van der Waals surface area (Å²) in [4.78, 5) is 41.7. The summed E-state index contributed by atoms with van der Waals surface area (Å²) in [5.41, 5.74) is 1.58. The highest BCUT2D eigenvalue weighted by atomic mass is 19.1. The number of aromatic nitrogens is 2. The van der Waals surface area contributed by atoms with Crippen molar-refractivity contribution >= 4 is 28.1 Å². The van der Waals surface area contributed by atoms with Crippen LogP contribution in [0.1, 0.15) is 10.4 Å². The van der Waals surface area contributed by atoms with Gasteiger partial charge in [0, 0.05) is 54.4 Å². The van der Waals surface area contributed by atoms with E-state index in [0.717, 1.165) is 10.2 Å². The highest BCUT2D eigenvalue weighted by Crippen LogP contribution is 2.31. The predicted octanol–water partition coefficient (Wildman–Crippen LogP) is 5.06. The van der Waals surface area contributed by atoms with Gasteiger partial charge in [-0.15, -0.1) is 0 Å². The van der Waals surface area contributed by atoms with Gasteiger partial charge in [-0.1, -0.05) is 54.6 Å². The smallest absolute Gasteiger partial charge is 0.295 e. The Labute approximate surface area is 233 Å². The van der Waals surface area contributed by atoms with Crippen molar-refractivity contribution < 1.29 is 14.1 Å². The quantitative estimate of drug-likeness (QED) is 0.224. The zero-order valence-corrected chi connectivity index (χ0v) is 21.8. The van der Waals surface area contributed by atoms with Crippen LogP contribution in [0.2, 0.25) is 0 Å². The number of benzene rings is 4. The number of nitro groups is 1. The first-order chi connectivity index (χ1) is 19.9. The van der Waals surface area contributed by atoms with Gasteiger partial charge in [-0.2, -0.15) is 9.78 Å². The van der Waals surface area contributed by atoms with Crippen molar-refractivity contribution in [1.82, 2.24) is 14.7 Å². The highest BCUT2D eigenvalue weighted by Gasteiger charge is 2.26. The Bertz CT molecular complexity index is 1850. The van der Waals surface area contributed by atoms with Crippen LogP contribution in [0.3, 0.4) is 0 Å². The largest absolute Gasteiger partial charge is 0.368 e. The van der Waals surface area contributed by atoms with Crippen molar-refractivity contribution in [3.8, 4) is 16.9 Å². The van der Waals surface area contributed by atoms with E-state index in [1.807, 2.05) is 47.4 Å². The predicted molar refractivity (Wildman–Crippen MR) is 154 cm³/mol. The maximum Gasteiger partial charge on any atom is 0.295 e. The summed E-state index contributed by atoms with van der Waals surface area (Å²) >= 11 is 0. The Morgan fingerprint density at radius 3 is 2.24 bits per heavy atom. The SMILES string of the molecule is O=C(c1cccc(F)c1)N1CCN(c2ccc([N+](=O)[O-])c(-n3nc(-c4ccccc4)c4ccccc4c3=O)c2)CC1. The van der Waals surface area contributed by atoms with E-state index in [2.05, 4.69) is 5.10 Å². The van der Waals surface area contributed by atoms with Gasteiger partial charge in [0.15, 0.2) is 0 Å². The number of hydrogen-bond acceptors (Lipinski definition) is 6. The minimum Gasteiger partial charge on any atom is -0.368 e. The molecule has 1 fully saturated rings. The average Bonchev–Trinajstić information content (AvgIpc) is 3.01. The molecule has 41 heavy (non-hydrogen) atoms. The molecule has 0 N–H and O–H groups in total. The molecule has 0 spiro atoms. The minimum atomic E-state index is -0.528. The van der Waals surface area contributed by atoms with Crippen LogP contribution in [0.15, 0.2) is 102 Å². The van der Waals surface area contributed by atoms with Crippen molar-refractivity contribution in [1.29, 1.82) is 0 Å². The molecule has 5 aromatic rings. The molecule has 1 saturated heterocycles. The third kappa shape index (κ3) is 4.91. The summed E-state index contributed by atoms with van der Waals surface area (Å²) in [7, 11) is 0. The second-order valence-corrected chi connectivity index (χ2v) is 9.70. The van der Waals surface area contributed by atoms with Gasteiger partial charge in [-0.05, 0) is 36.4 Å². The van der Waals surface area contributed by atoms with Crippen LogP contribution in [0.25, 0.3) is 27.7 Å². The number of hydrogen-bond donors (Lipinski definition) is 0. The number of nitrogens with zero attached hydrogens (tertiary/aromatic N) is 5. The van der Waals surface area contributed by atoms with Gasteiger partial charge in [0.1, 0.15) is 11.5 Å². The number of piperazine rings is 1. The Morgan fingerprint density at radius 2 is 1.54 bits per heavy atom. The van der Waals surface area contributed by atoms with E-state index in [1.54, 1.807) is 35.2 Å². The van der Waals surface area contributed by atoms with Crippen LogP contribution in [0, 0.1) is 15.9 Å². The molecule has 9 nitrogen and oxygen atoms in total. The molecule has 0 atom stereocenters. The maximum absolute atomic E-state index is 13.6. The highest BCUT2D eigenvalue weighted by molar-refractivity contribution is 5.95. The topological polar surface area (TPSA) is 102 Å². The van der Waals surface area contributed by atoms with Crippen molar-refractivity contribution in [2.75, 3.05) is 31.1 Å². The number of carbonyl (C=O) groups is 1. The maximum atomic E-state index is 13.6. The van der Waals surface area contributed by atoms with Gasteiger partial charge < -0.3 is 9.80 Å². The molecular weight excluding hydrogens is 525 g/mol. The van der Waals surface area contributed by atoms with E-state index in [-0.39, 0.29) is 22.8 Å². The first-order valence-corrected chi connectivity index (χ1v) is 13.1. The number of anilines is 1. The Morgan fingerprint density at radius 1 is 0.829 bits per heavy atom. The number of nitro benzene ring substituents is 1. The number of carbonyl (C=O) groups excluding carboxylic acids is 1. The Balaban J connectivity index is 1.38. The third-order valence-corrected chi connectivity index (χ3v) is 7.24. The van der Waals surface area contributed by atoms with E-state index < -0.39 is 16.3 Å². The van der Waals surface area contributed by atoms with Crippen LogP contribution in [0.4, 0.5) is 15.8 Å². The lowest BCUT2D eigenvalue weighted by Crippen LogP contribution is -2.48.